The van der Waals surface area contributed by atoms with Crippen molar-refractivity contribution in [1.29, 1.82) is 5.26 Å². The minimum atomic E-state index is -0.304. The van der Waals surface area contributed by atoms with Gasteiger partial charge < -0.3 is 9.80 Å². The largest absolute Gasteiger partial charge is 0.339 e. The third-order valence-electron chi connectivity index (χ3n) is 4.99. The van der Waals surface area contributed by atoms with E-state index < -0.39 is 0 Å². The number of aromatic nitrogens is 2. The summed E-state index contributed by atoms with van der Waals surface area (Å²) in [6, 6.07) is 9.89. The number of halogens is 1. The Kier molecular flexibility index (Phi) is 5.88. The van der Waals surface area contributed by atoms with E-state index in [1.807, 2.05) is 30.6 Å². The third-order valence-corrected chi connectivity index (χ3v) is 4.99. The van der Waals surface area contributed by atoms with Crippen LogP contribution in [0.25, 0.3) is 0 Å². The number of piperazine rings is 1. The number of hydrogen-bond acceptors (Lipinski definition) is 5. The van der Waals surface area contributed by atoms with Crippen LogP contribution in [0.5, 0.6) is 0 Å². The van der Waals surface area contributed by atoms with E-state index in [1.54, 1.807) is 18.2 Å². The summed E-state index contributed by atoms with van der Waals surface area (Å²) in [5, 5.41) is 9.10. The number of rotatable bonds is 4. The van der Waals surface area contributed by atoms with Crippen molar-refractivity contribution in [1.82, 2.24) is 14.9 Å². The molecule has 1 unspecified atom stereocenters. The van der Waals surface area contributed by atoms with Gasteiger partial charge in [-0.1, -0.05) is 26.0 Å². The average Bonchev–Trinajstić information content (AvgIpc) is 2.69. The molecule has 1 aliphatic rings. The van der Waals surface area contributed by atoms with Gasteiger partial charge in [0.25, 0.3) is 0 Å². The lowest BCUT2D eigenvalue weighted by Crippen LogP contribution is -2.51. The van der Waals surface area contributed by atoms with Crippen LogP contribution in [0.1, 0.15) is 36.7 Å². The van der Waals surface area contributed by atoms with Crippen molar-refractivity contribution in [2.24, 2.45) is 5.92 Å². The Labute approximate surface area is 164 Å². The molecule has 0 saturated carbocycles. The van der Waals surface area contributed by atoms with Crippen LogP contribution < -0.4 is 4.90 Å². The molecule has 6 nitrogen and oxygen atoms in total. The van der Waals surface area contributed by atoms with E-state index in [4.69, 9.17) is 5.26 Å². The summed E-state index contributed by atoms with van der Waals surface area (Å²) in [4.78, 5) is 25.7. The number of nitrogens with zero attached hydrogens (tertiary/aromatic N) is 5. The summed E-state index contributed by atoms with van der Waals surface area (Å²) in [7, 11) is 0. The first-order valence-electron chi connectivity index (χ1n) is 9.44. The first kappa shape index (κ1) is 19.7. The maximum Gasteiger partial charge on any atom is 0.230 e. The van der Waals surface area contributed by atoms with Crippen molar-refractivity contribution in [2.45, 2.75) is 26.7 Å². The zero-order valence-corrected chi connectivity index (χ0v) is 16.4. The van der Waals surface area contributed by atoms with Gasteiger partial charge in [0.15, 0.2) is 0 Å². The van der Waals surface area contributed by atoms with Gasteiger partial charge in [-0.05, 0) is 36.6 Å². The highest BCUT2D eigenvalue weighted by Crippen LogP contribution is 2.28. The maximum absolute atomic E-state index is 13.3. The summed E-state index contributed by atoms with van der Waals surface area (Å²) in [6.07, 6.45) is 0. The number of carbonyl (C=O) groups is 1. The van der Waals surface area contributed by atoms with Crippen LogP contribution in [0, 0.1) is 30.0 Å². The lowest BCUT2D eigenvalue weighted by atomic mass is 9.87. The Morgan fingerprint density at radius 1 is 1.14 bits per heavy atom. The van der Waals surface area contributed by atoms with Crippen molar-refractivity contribution in [3.8, 4) is 6.07 Å². The van der Waals surface area contributed by atoms with Gasteiger partial charge in [0.2, 0.25) is 11.9 Å². The van der Waals surface area contributed by atoms with Gasteiger partial charge in [0.05, 0.1) is 5.92 Å². The molecule has 146 valence electrons. The Bertz CT molecular complexity index is 883. The number of amides is 1. The van der Waals surface area contributed by atoms with Crippen LogP contribution in [0.4, 0.5) is 10.3 Å². The topological polar surface area (TPSA) is 73.1 Å². The quantitative estimate of drug-likeness (QED) is 0.814. The number of hydrogen-bond donors (Lipinski definition) is 0. The van der Waals surface area contributed by atoms with Gasteiger partial charge in [0, 0.05) is 31.9 Å². The second-order valence-electron chi connectivity index (χ2n) is 7.39. The van der Waals surface area contributed by atoms with E-state index in [1.165, 1.54) is 12.1 Å². The fourth-order valence-corrected chi connectivity index (χ4v) is 3.56. The molecule has 2 heterocycles. The molecule has 1 atom stereocenters. The zero-order chi connectivity index (χ0) is 20.3. The zero-order valence-electron chi connectivity index (χ0n) is 16.4. The molecule has 1 aliphatic heterocycles. The Morgan fingerprint density at radius 3 is 2.36 bits per heavy atom. The van der Waals surface area contributed by atoms with Gasteiger partial charge in [-0.25, -0.2) is 14.4 Å². The van der Waals surface area contributed by atoms with E-state index in [0.29, 0.717) is 37.8 Å². The van der Waals surface area contributed by atoms with E-state index in [2.05, 4.69) is 16.0 Å². The minimum absolute atomic E-state index is 0.0594. The first-order chi connectivity index (χ1) is 13.4. The molecular formula is C21H24FN5O. The lowest BCUT2D eigenvalue weighted by Gasteiger charge is -2.37. The lowest BCUT2D eigenvalue weighted by molar-refractivity contribution is -0.134. The highest BCUT2D eigenvalue weighted by Gasteiger charge is 2.31. The monoisotopic (exact) mass is 381 g/mol. The normalized spacial score (nSPS) is 15.4. The van der Waals surface area contributed by atoms with E-state index in [-0.39, 0.29) is 23.6 Å². The molecule has 1 aromatic heterocycles. The number of anilines is 1. The molecule has 28 heavy (non-hydrogen) atoms. The fourth-order valence-electron chi connectivity index (χ4n) is 3.56. The summed E-state index contributed by atoms with van der Waals surface area (Å²) in [5.74, 6) is 0.0933. The van der Waals surface area contributed by atoms with Crippen LogP contribution >= 0.6 is 0 Å². The van der Waals surface area contributed by atoms with Gasteiger partial charge in [-0.2, -0.15) is 5.26 Å². The van der Waals surface area contributed by atoms with Crippen molar-refractivity contribution < 1.29 is 9.18 Å². The van der Waals surface area contributed by atoms with Gasteiger partial charge in [-0.3, -0.25) is 4.79 Å². The number of nitriles is 1. The Balaban J connectivity index is 1.71. The Hall–Kier alpha value is -3.01. The summed E-state index contributed by atoms with van der Waals surface area (Å²) < 4.78 is 13.3. The second-order valence-corrected chi connectivity index (χ2v) is 7.39. The fraction of sp³-hybridized carbons (Fsp3) is 0.429. The SMILES string of the molecule is Cc1cc(C#N)nc(N2CCN(C(=O)C(c3ccc(F)cc3)C(C)C)CC2)n1. The molecule has 0 aliphatic carbocycles. The van der Waals surface area contributed by atoms with Crippen LogP contribution in [0.2, 0.25) is 0 Å². The first-order valence-corrected chi connectivity index (χ1v) is 9.44. The van der Waals surface area contributed by atoms with Crippen molar-refractivity contribution in [2.75, 3.05) is 31.1 Å². The third kappa shape index (κ3) is 4.28. The number of benzene rings is 1. The molecule has 7 heteroatoms. The molecule has 0 radical (unpaired) electrons. The molecule has 0 bridgehead atoms. The molecule has 2 aromatic rings. The summed E-state index contributed by atoms with van der Waals surface area (Å²) in [5.41, 5.74) is 1.93. The van der Waals surface area contributed by atoms with Gasteiger partial charge in [0.1, 0.15) is 17.6 Å². The van der Waals surface area contributed by atoms with E-state index in [9.17, 15) is 9.18 Å². The second kappa shape index (κ2) is 8.34. The van der Waals surface area contributed by atoms with Crippen LogP contribution in [0.15, 0.2) is 30.3 Å². The smallest absolute Gasteiger partial charge is 0.230 e. The molecule has 0 spiro atoms. The molecule has 1 fully saturated rings. The maximum atomic E-state index is 13.3. The molecule has 1 aromatic carbocycles. The number of aryl methyl sites for hydroxylation is 1. The average molecular weight is 381 g/mol. The molecule has 1 saturated heterocycles. The Morgan fingerprint density at radius 2 is 1.79 bits per heavy atom. The van der Waals surface area contributed by atoms with Crippen molar-refractivity contribution in [3.63, 3.8) is 0 Å². The van der Waals surface area contributed by atoms with Crippen molar-refractivity contribution in [3.05, 3.63) is 53.1 Å². The summed E-state index contributed by atoms with van der Waals surface area (Å²) >= 11 is 0. The van der Waals surface area contributed by atoms with Crippen LogP contribution in [-0.2, 0) is 4.79 Å². The predicted octanol–water partition coefficient (Wildman–Crippen LogP) is 2.88. The molecule has 1 amide bonds. The van der Waals surface area contributed by atoms with Gasteiger partial charge >= 0.3 is 0 Å². The van der Waals surface area contributed by atoms with Gasteiger partial charge in [-0.15, -0.1) is 0 Å². The highest BCUT2D eigenvalue weighted by molar-refractivity contribution is 5.84. The minimum Gasteiger partial charge on any atom is -0.339 e. The van der Waals surface area contributed by atoms with Crippen LogP contribution in [-0.4, -0.2) is 47.0 Å². The number of carbonyl (C=O) groups excluding carboxylic acids is 1. The standard InChI is InChI=1S/C21H24FN5O/c1-14(2)19(16-4-6-17(22)7-5-16)20(28)26-8-10-27(11-9-26)21-24-15(3)12-18(13-23)25-21/h4-7,12,14,19H,8-11H2,1-3H3. The van der Waals surface area contributed by atoms with E-state index in [0.717, 1.165) is 11.3 Å². The predicted molar refractivity (Wildman–Crippen MR) is 104 cm³/mol. The van der Waals surface area contributed by atoms with Crippen molar-refractivity contribution >= 4 is 11.9 Å². The highest BCUT2D eigenvalue weighted by atomic mass is 19.1. The summed E-state index contributed by atoms with van der Waals surface area (Å²) in [6.45, 7) is 8.17. The molecular weight excluding hydrogens is 357 g/mol. The molecule has 3 rings (SSSR count). The van der Waals surface area contributed by atoms with E-state index >= 15 is 0 Å². The van der Waals surface area contributed by atoms with Crippen LogP contribution in [0.3, 0.4) is 0 Å². The molecule has 0 N–H and O–H groups in total.